The second kappa shape index (κ2) is 6.59. The molecule has 0 aromatic heterocycles. The summed E-state index contributed by atoms with van der Waals surface area (Å²) >= 11 is 0. The van der Waals surface area contributed by atoms with Crippen molar-refractivity contribution in [3.8, 4) is 0 Å². The number of para-hydroxylation sites is 1. The molecule has 1 fully saturated rings. The molecule has 0 radical (unpaired) electrons. The first kappa shape index (κ1) is 15.3. The Morgan fingerprint density at radius 2 is 1.65 bits per heavy atom. The van der Waals surface area contributed by atoms with Crippen LogP contribution in [0.4, 0.5) is 5.69 Å². The molecule has 0 aliphatic carbocycles. The lowest BCUT2D eigenvalue weighted by molar-refractivity contribution is 0.219. The first-order valence-corrected chi connectivity index (χ1v) is 7.75. The standard InChI is InChI=1S/C17H29N3/c1-17(2,3)16(18)9-10-19-11-13-20(14-12-19)15-7-5-4-6-8-15/h4-8,16H,9-14,18H2,1-3H3. The van der Waals surface area contributed by atoms with Crippen LogP contribution in [0.5, 0.6) is 0 Å². The molecule has 112 valence electrons. The third kappa shape index (κ3) is 4.22. The largest absolute Gasteiger partial charge is 0.369 e. The summed E-state index contributed by atoms with van der Waals surface area (Å²) in [5.74, 6) is 0. The molecule has 3 heteroatoms. The van der Waals surface area contributed by atoms with Crippen LogP contribution >= 0.6 is 0 Å². The van der Waals surface area contributed by atoms with Crippen molar-refractivity contribution in [1.29, 1.82) is 0 Å². The fraction of sp³-hybridized carbons (Fsp3) is 0.647. The molecule has 0 bridgehead atoms. The highest BCUT2D eigenvalue weighted by atomic mass is 15.3. The predicted octanol–water partition coefficient (Wildman–Crippen LogP) is 2.57. The van der Waals surface area contributed by atoms with Crippen LogP contribution in [0.15, 0.2) is 30.3 Å². The van der Waals surface area contributed by atoms with E-state index in [9.17, 15) is 0 Å². The Kier molecular flexibility index (Phi) is 5.06. The van der Waals surface area contributed by atoms with E-state index in [4.69, 9.17) is 5.73 Å². The van der Waals surface area contributed by atoms with Gasteiger partial charge >= 0.3 is 0 Å². The van der Waals surface area contributed by atoms with Crippen LogP contribution in [0.2, 0.25) is 0 Å². The molecule has 1 aromatic carbocycles. The predicted molar refractivity (Wildman–Crippen MR) is 87.1 cm³/mol. The summed E-state index contributed by atoms with van der Waals surface area (Å²) in [7, 11) is 0. The summed E-state index contributed by atoms with van der Waals surface area (Å²) in [5, 5.41) is 0. The maximum absolute atomic E-state index is 6.25. The zero-order valence-electron chi connectivity index (χ0n) is 13.2. The lowest BCUT2D eigenvalue weighted by atomic mass is 9.85. The normalized spacial score (nSPS) is 19.1. The Bertz CT molecular complexity index is 388. The van der Waals surface area contributed by atoms with Gasteiger partial charge in [-0.2, -0.15) is 0 Å². The molecule has 0 spiro atoms. The molecule has 0 amide bonds. The lowest BCUT2D eigenvalue weighted by Gasteiger charge is -2.37. The monoisotopic (exact) mass is 275 g/mol. The van der Waals surface area contributed by atoms with E-state index in [1.54, 1.807) is 0 Å². The van der Waals surface area contributed by atoms with Gasteiger partial charge in [-0.05, 0) is 30.5 Å². The Labute approximate surface area is 123 Å². The van der Waals surface area contributed by atoms with Gasteiger partial charge in [-0.3, -0.25) is 4.90 Å². The number of benzene rings is 1. The highest BCUT2D eigenvalue weighted by molar-refractivity contribution is 5.46. The van der Waals surface area contributed by atoms with E-state index in [2.05, 4.69) is 60.9 Å². The van der Waals surface area contributed by atoms with Crippen LogP contribution in [-0.2, 0) is 0 Å². The van der Waals surface area contributed by atoms with Crippen molar-refractivity contribution in [2.75, 3.05) is 37.6 Å². The van der Waals surface area contributed by atoms with E-state index >= 15 is 0 Å². The number of rotatable bonds is 4. The smallest absolute Gasteiger partial charge is 0.0367 e. The van der Waals surface area contributed by atoms with E-state index < -0.39 is 0 Å². The molecule has 1 atom stereocenters. The van der Waals surface area contributed by atoms with E-state index in [-0.39, 0.29) is 11.5 Å². The second-order valence-corrected chi connectivity index (χ2v) is 6.93. The number of anilines is 1. The molecule has 1 aliphatic rings. The van der Waals surface area contributed by atoms with Crippen LogP contribution in [-0.4, -0.2) is 43.7 Å². The summed E-state index contributed by atoms with van der Waals surface area (Å²) < 4.78 is 0. The van der Waals surface area contributed by atoms with Crippen molar-refractivity contribution < 1.29 is 0 Å². The molecular weight excluding hydrogens is 246 g/mol. The summed E-state index contributed by atoms with van der Waals surface area (Å²) in [4.78, 5) is 5.02. The fourth-order valence-corrected chi connectivity index (χ4v) is 2.62. The highest BCUT2D eigenvalue weighted by Crippen LogP contribution is 2.20. The number of nitrogens with two attached hydrogens (primary N) is 1. The summed E-state index contributed by atoms with van der Waals surface area (Å²) in [6.45, 7) is 12.3. The van der Waals surface area contributed by atoms with Gasteiger partial charge in [0.1, 0.15) is 0 Å². The van der Waals surface area contributed by atoms with Gasteiger partial charge in [-0.15, -0.1) is 0 Å². The van der Waals surface area contributed by atoms with E-state index in [1.165, 1.54) is 5.69 Å². The van der Waals surface area contributed by atoms with Crippen molar-refractivity contribution in [3.63, 3.8) is 0 Å². The molecule has 0 saturated carbocycles. The highest BCUT2D eigenvalue weighted by Gasteiger charge is 2.22. The van der Waals surface area contributed by atoms with Crippen molar-refractivity contribution in [2.45, 2.75) is 33.2 Å². The molecule has 2 N–H and O–H groups in total. The van der Waals surface area contributed by atoms with Crippen LogP contribution in [0.3, 0.4) is 0 Å². The Balaban J connectivity index is 1.75. The number of piperazine rings is 1. The van der Waals surface area contributed by atoms with Gasteiger partial charge < -0.3 is 10.6 Å². The third-order valence-corrected chi connectivity index (χ3v) is 4.36. The molecule has 1 saturated heterocycles. The van der Waals surface area contributed by atoms with Gasteiger partial charge in [0.15, 0.2) is 0 Å². The minimum absolute atomic E-state index is 0.214. The minimum Gasteiger partial charge on any atom is -0.369 e. The minimum atomic E-state index is 0.214. The molecule has 1 aromatic rings. The van der Waals surface area contributed by atoms with Gasteiger partial charge in [-0.1, -0.05) is 39.0 Å². The second-order valence-electron chi connectivity index (χ2n) is 6.93. The molecule has 3 nitrogen and oxygen atoms in total. The number of hydrogen-bond acceptors (Lipinski definition) is 3. The Hall–Kier alpha value is -1.06. The zero-order valence-corrected chi connectivity index (χ0v) is 13.2. The van der Waals surface area contributed by atoms with E-state index in [1.807, 2.05) is 0 Å². The SMILES string of the molecule is CC(C)(C)C(N)CCN1CCN(c2ccccc2)CC1. The quantitative estimate of drug-likeness (QED) is 0.916. The van der Waals surface area contributed by atoms with E-state index in [0.29, 0.717) is 0 Å². The average molecular weight is 275 g/mol. The molecule has 2 rings (SSSR count). The van der Waals surface area contributed by atoms with Crippen LogP contribution in [0.1, 0.15) is 27.2 Å². The zero-order chi connectivity index (χ0) is 14.6. The first-order chi connectivity index (χ1) is 9.47. The molecule has 20 heavy (non-hydrogen) atoms. The summed E-state index contributed by atoms with van der Waals surface area (Å²) in [6.07, 6.45) is 1.09. The third-order valence-electron chi connectivity index (χ3n) is 4.36. The molecule has 1 aliphatic heterocycles. The molecular formula is C17H29N3. The number of hydrogen-bond donors (Lipinski definition) is 1. The summed E-state index contributed by atoms with van der Waals surface area (Å²) in [5.41, 5.74) is 7.81. The molecule has 1 heterocycles. The first-order valence-electron chi connectivity index (χ1n) is 7.75. The van der Waals surface area contributed by atoms with Crippen LogP contribution in [0.25, 0.3) is 0 Å². The van der Waals surface area contributed by atoms with Gasteiger partial charge in [-0.25, -0.2) is 0 Å². The van der Waals surface area contributed by atoms with Crippen LogP contribution in [0, 0.1) is 5.41 Å². The van der Waals surface area contributed by atoms with Gasteiger partial charge in [0, 0.05) is 37.9 Å². The fourth-order valence-electron chi connectivity index (χ4n) is 2.62. The van der Waals surface area contributed by atoms with Crippen molar-refractivity contribution in [2.24, 2.45) is 11.1 Å². The maximum Gasteiger partial charge on any atom is 0.0367 e. The summed E-state index contributed by atoms with van der Waals surface area (Å²) in [6, 6.07) is 11.0. The van der Waals surface area contributed by atoms with Crippen LogP contribution < -0.4 is 10.6 Å². The van der Waals surface area contributed by atoms with Gasteiger partial charge in [0.25, 0.3) is 0 Å². The van der Waals surface area contributed by atoms with Gasteiger partial charge in [0.05, 0.1) is 0 Å². The Morgan fingerprint density at radius 3 is 2.20 bits per heavy atom. The van der Waals surface area contributed by atoms with Gasteiger partial charge in [0.2, 0.25) is 0 Å². The Morgan fingerprint density at radius 1 is 1.05 bits per heavy atom. The van der Waals surface area contributed by atoms with Crippen molar-refractivity contribution in [1.82, 2.24) is 4.90 Å². The van der Waals surface area contributed by atoms with Crippen molar-refractivity contribution >= 4 is 5.69 Å². The number of nitrogens with zero attached hydrogens (tertiary/aromatic N) is 2. The lowest BCUT2D eigenvalue weighted by Crippen LogP contribution is -2.48. The van der Waals surface area contributed by atoms with Crippen molar-refractivity contribution in [3.05, 3.63) is 30.3 Å². The molecule has 1 unspecified atom stereocenters. The van der Waals surface area contributed by atoms with E-state index in [0.717, 1.165) is 39.1 Å². The maximum atomic E-state index is 6.25. The topological polar surface area (TPSA) is 32.5 Å². The average Bonchev–Trinajstić information content (AvgIpc) is 2.45.